The molecule has 0 saturated heterocycles. The smallest absolute Gasteiger partial charge is 0.0714 e. The van der Waals surface area contributed by atoms with Crippen molar-refractivity contribution in [2.75, 3.05) is 23.2 Å². The summed E-state index contributed by atoms with van der Waals surface area (Å²) in [5, 5.41) is 3.04. The van der Waals surface area contributed by atoms with Crippen LogP contribution in [0.25, 0.3) is 0 Å². The molecule has 0 spiro atoms. The third kappa shape index (κ3) is 3.05. The van der Waals surface area contributed by atoms with Gasteiger partial charge in [-0.2, -0.15) is 0 Å². The van der Waals surface area contributed by atoms with E-state index in [1.807, 2.05) is 18.2 Å². The van der Waals surface area contributed by atoms with Gasteiger partial charge < -0.3 is 14.2 Å². The van der Waals surface area contributed by atoms with E-state index in [1.54, 1.807) is 7.05 Å². The molecule has 100 valence electrons. The highest BCUT2D eigenvalue weighted by atomic mass is 79.9. The molecule has 18 heavy (non-hydrogen) atoms. The molecule has 0 aromatic heterocycles. The SMILES string of the molecule is CNc1cc(Br)ccc1N(CC1CCC1)S(=O)[O-]. The zero-order valence-corrected chi connectivity index (χ0v) is 12.6. The molecule has 1 N–H and O–H groups in total. The Morgan fingerprint density at radius 1 is 1.56 bits per heavy atom. The largest absolute Gasteiger partial charge is 0.755 e. The molecule has 0 amide bonds. The van der Waals surface area contributed by atoms with Crippen molar-refractivity contribution in [3.8, 4) is 0 Å². The molecular weight excluding hydrogens is 316 g/mol. The Bertz CT molecular complexity index is 452. The van der Waals surface area contributed by atoms with Crippen LogP contribution in [0.15, 0.2) is 22.7 Å². The summed E-state index contributed by atoms with van der Waals surface area (Å²) >= 11 is 1.15. The number of nitrogens with zero attached hydrogens (tertiary/aromatic N) is 1. The Kier molecular flexibility index (Phi) is 4.64. The Balaban J connectivity index is 2.26. The van der Waals surface area contributed by atoms with Crippen molar-refractivity contribution in [1.29, 1.82) is 0 Å². The number of benzene rings is 1. The van der Waals surface area contributed by atoms with Crippen molar-refractivity contribution in [1.82, 2.24) is 0 Å². The van der Waals surface area contributed by atoms with Crippen LogP contribution in [0.5, 0.6) is 0 Å². The van der Waals surface area contributed by atoms with Gasteiger partial charge in [0.15, 0.2) is 0 Å². The molecule has 2 rings (SSSR count). The summed E-state index contributed by atoms with van der Waals surface area (Å²) < 4.78 is 25.2. The van der Waals surface area contributed by atoms with Crippen LogP contribution in [-0.4, -0.2) is 22.4 Å². The van der Waals surface area contributed by atoms with E-state index in [0.29, 0.717) is 18.2 Å². The van der Waals surface area contributed by atoms with E-state index in [2.05, 4.69) is 21.2 Å². The van der Waals surface area contributed by atoms with Gasteiger partial charge in [-0.1, -0.05) is 22.4 Å². The minimum atomic E-state index is -2.23. The molecule has 1 saturated carbocycles. The Labute approximate surface area is 118 Å². The van der Waals surface area contributed by atoms with Gasteiger partial charge >= 0.3 is 0 Å². The standard InChI is InChI=1S/C12H17BrN2O2S/c1-14-11-7-10(13)5-6-12(11)15(18(16)17)8-9-3-2-4-9/h5-7,9,14H,2-4,8H2,1H3,(H,16,17)/p-1. The lowest BCUT2D eigenvalue weighted by Gasteiger charge is -2.35. The van der Waals surface area contributed by atoms with Gasteiger partial charge in [-0.25, -0.2) is 0 Å². The zero-order chi connectivity index (χ0) is 13.1. The van der Waals surface area contributed by atoms with Gasteiger partial charge in [-0.15, -0.1) is 0 Å². The molecule has 1 aliphatic rings. The molecule has 6 heteroatoms. The maximum Gasteiger partial charge on any atom is 0.0714 e. The van der Waals surface area contributed by atoms with Crippen molar-refractivity contribution >= 4 is 38.6 Å². The van der Waals surface area contributed by atoms with Crippen molar-refractivity contribution in [3.63, 3.8) is 0 Å². The molecule has 0 aliphatic heterocycles. The molecule has 0 bridgehead atoms. The normalized spacial score (nSPS) is 17.1. The van der Waals surface area contributed by atoms with Crippen LogP contribution in [0.4, 0.5) is 11.4 Å². The molecule has 1 aliphatic carbocycles. The lowest BCUT2D eigenvalue weighted by Crippen LogP contribution is -2.34. The Morgan fingerprint density at radius 2 is 2.28 bits per heavy atom. The summed E-state index contributed by atoms with van der Waals surface area (Å²) in [5.41, 5.74) is 1.52. The van der Waals surface area contributed by atoms with E-state index in [-0.39, 0.29) is 0 Å². The predicted octanol–water partition coefficient (Wildman–Crippen LogP) is 2.89. The summed E-state index contributed by atoms with van der Waals surface area (Å²) in [6.07, 6.45) is 3.46. The topological polar surface area (TPSA) is 55.4 Å². The van der Waals surface area contributed by atoms with Gasteiger partial charge in [0.2, 0.25) is 0 Å². The molecule has 0 radical (unpaired) electrons. The minimum absolute atomic E-state index is 0.497. The second-order valence-corrected chi connectivity index (χ2v) is 6.28. The molecule has 1 unspecified atom stereocenters. The first kappa shape index (κ1) is 13.8. The molecule has 0 heterocycles. The van der Waals surface area contributed by atoms with Crippen LogP contribution in [0.2, 0.25) is 0 Å². The summed E-state index contributed by atoms with van der Waals surface area (Å²) in [6.45, 7) is 0.576. The fraction of sp³-hybridized carbons (Fsp3) is 0.500. The second kappa shape index (κ2) is 6.04. The number of hydrogen-bond donors (Lipinski definition) is 1. The molecule has 1 atom stereocenters. The highest BCUT2D eigenvalue weighted by Gasteiger charge is 2.22. The summed E-state index contributed by atoms with van der Waals surface area (Å²) in [4.78, 5) is 0. The van der Waals surface area contributed by atoms with Crippen LogP contribution in [0.1, 0.15) is 19.3 Å². The van der Waals surface area contributed by atoms with E-state index < -0.39 is 11.3 Å². The molecule has 4 nitrogen and oxygen atoms in total. The van der Waals surface area contributed by atoms with Crippen molar-refractivity contribution in [2.45, 2.75) is 19.3 Å². The van der Waals surface area contributed by atoms with Gasteiger partial charge in [0.05, 0.1) is 11.4 Å². The summed E-state index contributed by atoms with van der Waals surface area (Å²) in [6, 6.07) is 5.57. The predicted molar refractivity (Wildman–Crippen MR) is 77.3 cm³/mol. The lowest BCUT2D eigenvalue weighted by molar-refractivity contribution is 0.325. The van der Waals surface area contributed by atoms with Crippen molar-refractivity contribution < 1.29 is 8.76 Å². The fourth-order valence-corrected chi connectivity index (χ4v) is 3.09. The van der Waals surface area contributed by atoms with Crippen LogP contribution in [0.3, 0.4) is 0 Å². The van der Waals surface area contributed by atoms with Gasteiger partial charge in [-0.3, -0.25) is 4.21 Å². The Morgan fingerprint density at radius 3 is 2.78 bits per heavy atom. The number of hydrogen-bond acceptors (Lipinski definition) is 3. The first-order valence-electron chi connectivity index (χ1n) is 5.96. The maximum absolute atomic E-state index is 11.4. The lowest BCUT2D eigenvalue weighted by atomic mass is 9.85. The average molecular weight is 332 g/mol. The van der Waals surface area contributed by atoms with Crippen molar-refractivity contribution in [2.24, 2.45) is 5.92 Å². The molecule has 1 fully saturated rings. The number of nitrogens with one attached hydrogen (secondary N) is 1. The fourth-order valence-electron chi connectivity index (χ4n) is 2.08. The van der Waals surface area contributed by atoms with E-state index in [9.17, 15) is 8.76 Å². The van der Waals surface area contributed by atoms with Gasteiger partial charge in [-0.05, 0) is 37.0 Å². The minimum Gasteiger partial charge on any atom is -0.755 e. The van der Waals surface area contributed by atoms with Gasteiger partial charge in [0.1, 0.15) is 0 Å². The second-order valence-electron chi connectivity index (χ2n) is 4.49. The maximum atomic E-state index is 11.4. The highest BCUT2D eigenvalue weighted by Crippen LogP contribution is 2.34. The van der Waals surface area contributed by atoms with Crippen LogP contribution in [0, 0.1) is 5.92 Å². The van der Waals surface area contributed by atoms with Crippen LogP contribution < -0.4 is 9.62 Å². The average Bonchev–Trinajstić information content (AvgIpc) is 2.28. The quantitative estimate of drug-likeness (QED) is 0.844. The van der Waals surface area contributed by atoms with Crippen LogP contribution >= 0.6 is 15.9 Å². The van der Waals surface area contributed by atoms with Crippen LogP contribution in [-0.2, 0) is 11.3 Å². The third-order valence-corrected chi connectivity index (χ3v) is 4.52. The van der Waals surface area contributed by atoms with E-state index in [0.717, 1.165) is 23.0 Å². The van der Waals surface area contributed by atoms with E-state index in [4.69, 9.17) is 0 Å². The van der Waals surface area contributed by atoms with Gasteiger partial charge in [0, 0.05) is 29.3 Å². The first-order valence-corrected chi connectivity index (χ1v) is 7.78. The molecule has 1 aromatic carbocycles. The number of halogens is 1. The first-order chi connectivity index (χ1) is 8.61. The van der Waals surface area contributed by atoms with E-state index in [1.165, 1.54) is 10.7 Å². The summed E-state index contributed by atoms with van der Waals surface area (Å²) in [7, 11) is 1.79. The zero-order valence-electron chi connectivity index (χ0n) is 10.2. The monoisotopic (exact) mass is 331 g/mol. The van der Waals surface area contributed by atoms with Gasteiger partial charge in [0.25, 0.3) is 0 Å². The number of anilines is 2. The summed E-state index contributed by atoms with van der Waals surface area (Å²) in [5.74, 6) is 0.497. The molecule has 1 aromatic rings. The Hall–Kier alpha value is -0.590. The number of rotatable bonds is 5. The van der Waals surface area contributed by atoms with E-state index >= 15 is 0 Å². The molecular formula is C12H16BrN2O2S-. The third-order valence-electron chi connectivity index (χ3n) is 3.33. The van der Waals surface area contributed by atoms with Crippen molar-refractivity contribution in [3.05, 3.63) is 22.7 Å². The highest BCUT2D eigenvalue weighted by molar-refractivity contribution is 9.10.